The third kappa shape index (κ3) is 7.43. The van der Waals surface area contributed by atoms with E-state index in [2.05, 4.69) is 0 Å². The smallest absolute Gasteiger partial charge is 0.303 e. The number of hydrogen-bond donors (Lipinski definition) is 1. The summed E-state index contributed by atoms with van der Waals surface area (Å²) < 4.78 is 15.7. The second kappa shape index (κ2) is 9.35. The number of aliphatic carboxylic acids is 1. The minimum atomic E-state index is -0.785. The van der Waals surface area contributed by atoms with E-state index >= 15 is 0 Å². The molecule has 5 heteroatoms. The van der Waals surface area contributed by atoms with Gasteiger partial charge in [0.2, 0.25) is 0 Å². The number of aryl methyl sites for hydroxylation is 1. The Morgan fingerprint density at radius 3 is 2.53 bits per heavy atom. The van der Waals surface area contributed by atoms with Gasteiger partial charge in [0.05, 0.1) is 6.61 Å². The fourth-order valence-electron chi connectivity index (χ4n) is 1.42. The Kier molecular flexibility index (Phi) is 7.62. The van der Waals surface area contributed by atoms with Crippen LogP contribution in [0.3, 0.4) is 0 Å². The van der Waals surface area contributed by atoms with Gasteiger partial charge in [-0.1, -0.05) is 12.1 Å². The van der Waals surface area contributed by atoms with Crippen LogP contribution in [0.15, 0.2) is 24.3 Å². The average Bonchev–Trinajstić information content (AvgIpc) is 2.41. The molecule has 0 amide bonds. The maximum atomic E-state index is 10.4. The van der Waals surface area contributed by atoms with Gasteiger partial charge >= 0.3 is 5.97 Å². The lowest BCUT2D eigenvalue weighted by atomic mass is 10.1. The van der Waals surface area contributed by atoms with E-state index in [0.29, 0.717) is 26.2 Å². The van der Waals surface area contributed by atoms with Crippen LogP contribution in [0.1, 0.15) is 18.9 Å². The first-order valence-electron chi connectivity index (χ1n) is 6.31. The van der Waals surface area contributed by atoms with E-state index in [-0.39, 0.29) is 13.2 Å². The molecule has 0 unspecified atom stereocenters. The second-order valence-corrected chi connectivity index (χ2v) is 3.91. The summed E-state index contributed by atoms with van der Waals surface area (Å²) in [6, 6.07) is 7.41. The predicted molar refractivity (Wildman–Crippen MR) is 70.3 cm³/mol. The Morgan fingerprint density at radius 2 is 1.89 bits per heavy atom. The normalized spacial score (nSPS) is 10.4. The average molecular weight is 268 g/mol. The Hall–Kier alpha value is -1.59. The quantitative estimate of drug-likeness (QED) is 0.520. The molecule has 0 aliphatic rings. The molecular weight excluding hydrogens is 248 g/mol. The zero-order valence-corrected chi connectivity index (χ0v) is 11.1. The Labute approximate surface area is 113 Å². The lowest BCUT2D eigenvalue weighted by molar-refractivity contribution is -0.136. The summed E-state index contributed by atoms with van der Waals surface area (Å²) in [6.45, 7) is 3.76. The molecule has 106 valence electrons. The van der Waals surface area contributed by atoms with Crippen molar-refractivity contribution in [2.45, 2.75) is 19.8 Å². The standard InChI is InChI=1S/C14H20O5/c1-2-17-11-18-9-10-19-13-6-3-12(4-7-13)5-8-14(15)16/h3-4,6-7H,2,5,8-11H2,1H3,(H,15,16). The number of benzene rings is 1. The van der Waals surface area contributed by atoms with Gasteiger partial charge in [0.15, 0.2) is 0 Å². The molecule has 1 aromatic rings. The topological polar surface area (TPSA) is 65.0 Å². The fraction of sp³-hybridized carbons (Fsp3) is 0.500. The summed E-state index contributed by atoms with van der Waals surface area (Å²) in [6.07, 6.45) is 0.679. The maximum absolute atomic E-state index is 10.4. The highest BCUT2D eigenvalue weighted by Gasteiger charge is 2.00. The molecule has 1 N–H and O–H groups in total. The van der Waals surface area contributed by atoms with Gasteiger partial charge in [-0.2, -0.15) is 0 Å². The van der Waals surface area contributed by atoms with Gasteiger partial charge in [-0.25, -0.2) is 0 Å². The highest BCUT2D eigenvalue weighted by Crippen LogP contribution is 2.13. The van der Waals surface area contributed by atoms with Crippen molar-refractivity contribution in [1.82, 2.24) is 0 Å². The van der Waals surface area contributed by atoms with Crippen molar-refractivity contribution in [2.75, 3.05) is 26.6 Å². The number of carboxylic acid groups (broad SMARTS) is 1. The molecule has 0 heterocycles. The zero-order chi connectivity index (χ0) is 13.9. The van der Waals surface area contributed by atoms with Crippen molar-refractivity contribution in [3.8, 4) is 5.75 Å². The molecule has 1 aromatic carbocycles. The number of ether oxygens (including phenoxy) is 3. The van der Waals surface area contributed by atoms with Crippen molar-refractivity contribution in [2.24, 2.45) is 0 Å². The van der Waals surface area contributed by atoms with Crippen LogP contribution >= 0.6 is 0 Å². The van der Waals surface area contributed by atoms with Crippen LogP contribution in [0, 0.1) is 0 Å². The number of carbonyl (C=O) groups is 1. The summed E-state index contributed by atoms with van der Waals surface area (Å²) in [5.41, 5.74) is 0.988. The van der Waals surface area contributed by atoms with Crippen LogP contribution in [-0.2, 0) is 20.7 Å². The van der Waals surface area contributed by atoms with E-state index in [0.717, 1.165) is 11.3 Å². The first-order chi connectivity index (χ1) is 9.22. The zero-order valence-electron chi connectivity index (χ0n) is 11.1. The van der Waals surface area contributed by atoms with Crippen LogP contribution in [0.5, 0.6) is 5.75 Å². The van der Waals surface area contributed by atoms with Crippen molar-refractivity contribution in [3.05, 3.63) is 29.8 Å². The Morgan fingerprint density at radius 1 is 1.16 bits per heavy atom. The molecular formula is C14H20O5. The van der Waals surface area contributed by atoms with E-state index in [1.54, 1.807) is 0 Å². The molecule has 1 rings (SSSR count). The van der Waals surface area contributed by atoms with E-state index < -0.39 is 5.97 Å². The number of rotatable bonds is 10. The molecule has 0 aromatic heterocycles. The van der Waals surface area contributed by atoms with Crippen molar-refractivity contribution in [1.29, 1.82) is 0 Å². The summed E-state index contributed by atoms with van der Waals surface area (Å²) in [5, 5.41) is 8.59. The van der Waals surface area contributed by atoms with Crippen LogP contribution < -0.4 is 4.74 Å². The lowest BCUT2D eigenvalue weighted by Gasteiger charge is -2.07. The summed E-state index contributed by atoms with van der Waals surface area (Å²) >= 11 is 0. The van der Waals surface area contributed by atoms with E-state index in [9.17, 15) is 4.79 Å². The van der Waals surface area contributed by atoms with E-state index in [1.807, 2.05) is 31.2 Å². The molecule has 0 bridgehead atoms. The van der Waals surface area contributed by atoms with Crippen LogP contribution in [0.4, 0.5) is 0 Å². The lowest BCUT2D eigenvalue weighted by Crippen LogP contribution is -2.09. The van der Waals surface area contributed by atoms with Gasteiger partial charge in [0, 0.05) is 13.0 Å². The van der Waals surface area contributed by atoms with Gasteiger partial charge in [-0.05, 0) is 31.0 Å². The summed E-state index contributed by atoms with van der Waals surface area (Å²) in [5.74, 6) is -0.0362. The molecule has 0 saturated carbocycles. The van der Waals surface area contributed by atoms with E-state index in [4.69, 9.17) is 19.3 Å². The van der Waals surface area contributed by atoms with Crippen LogP contribution in [0.2, 0.25) is 0 Å². The van der Waals surface area contributed by atoms with Crippen molar-refractivity contribution in [3.63, 3.8) is 0 Å². The van der Waals surface area contributed by atoms with Gasteiger partial charge in [0.25, 0.3) is 0 Å². The number of carboxylic acids is 1. The molecule has 0 aliphatic heterocycles. The van der Waals surface area contributed by atoms with Gasteiger partial charge < -0.3 is 19.3 Å². The molecule has 0 radical (unpaired) electrons. The maximum Gasteiger partial charge on any atom is 0.303 e. The minimum Gasteiger partial charge on any atom is -0.491 e. The Balaban J connectivity index is 2.19. The highest BCUT2D eigenvalue weighted by molar-refractivity contribution is 5.67. The third-order valence-corrected chi connectivity index (χ3v) is 2.42. The molecule has 0 saturated heterocycles. The van der Waals surface area contributed by atoms with E-state index in [1.165, 1.54) is 0 Å². The monoisotopic (exact) mass is 268 g/mol. The van der Waals surface area contributed by atoms with Gasteiger partial charge in [-0.15, -0.1) is 0 Å². The Bertz CT molecular complexity index is 361. The number of hydrogen-bond acceptors (Lipinski definition) is 4. The molecule has 19 heavy (non-hydrogen) atoms. The summed E-state index contributed by atoms with van der Waals surface area (Å²) in [4.78, 5) is 10.4. The van der Waals surface area contributed by atoms with Gasteiger partial charge in [-0.3, -0.25) is 4.79 Å². The largest absolute Gasteiger partial charge is 0.491 e. The van der Waals surface area contributed by atoms with Gasteiger partial charge in [0.1, 0.15) is 19.1 Å². The molecule has 0 atom stereocenters. The van der Waals surface area contributed by atoms with Crippen LogP contribution in [0.25, 0.3) is 0 Å². The predicted octanol–water partition coefficient (Wildman–Crippen LogP) is 2.09. The molecule has 0 fully saturated rings. The third-order valence-electron chi connectivity index (χ3n) is 2.42. The minimum absolute atomic E-state index is 0.144. The highest BCUT2D eigenvalue weighted by atomic mass is 16.7. The van der Waals surface area contributed by atoms with Crippen LogP contribution in [-0.4, -0.2) is 37.7 Å². The summed E-state index contributed by atoms with van der Waals surface area (Å²) in [7, 11) is 0. The SMILES string of the molecule is CCOCOCCOc1ccc(CCC(=O)O)cc1. The molecule has 5 nitrogen and oxygen atoms in total. The molecule has 0 spiro atoms. The molecule has 0 aliphatic carbocycles. The van der Waals surface area contributed by atoms with Crippen molar-refractivity contribution >= 4 is 5.97 Å². The fourth-order valence-corrected chi connectivity index (χ4v) is 1.42. The van der Waals surface area contributed by atoms with Crippen molar-refractivity contribution < 1.29 is 24.1 Å². The first-order valence-corrected chi connectivity index (χ1v) is 6.31. The first kappa shape index (κ1) is 15.5. The second-order valence-electron chi connectivity index (χ2n) is 3.91.